The summed E-state index contributed by atoms with van der Waals surface area (Å²) in [6.07, 6.45) is 33.9. The highest BCUT2D eigenvalue weighted by molar-refractivity contribution is 5.34. The first-order valence-electron chi connectivity index (χ1n) is 21.2. The number of hydrogen-bond acceptors (Lipinski definition) is 1. The summed E-state index contributed by atoms with van der Waals surface area (Å²) < 4.78 is 8.33. The molecule has 0 saturated heterocycles. The van der Waals surface area contributed by atoms with E-state index in [1.54, 1.807) is 0 Å². The van der Waals surface area contributed by atoms with Crippen LogP contribution in [0.15, 0.2) is 48.5 Å². The Morgan fingerprint density at radius 2 is 0.592 bits per heavy atom. The van der Waals surface area contributed by atoms with E-state index in [1.165, 1.54) is 178 Å². The Labute approximate surface area is 306 Å². The molecule has 0 saturated carbocycles. The first-order chi connectivity index (χ1) is 23.7. The van der Waals surface area contributed by atoms with Crippen LogP contribution in [0.2, 0.25) is 0 Å². The molecule has 2 rings (SSSR count). The van der Waals surface area contributed by atoms with E-state index >= 15 is 0 Å². The molecule has 0 aliphatic carbocycles. The van der Waals surface area contributed by atoms with Gasteiger partial charge in [-0.15, -0.1) is 0 Å². The van der Waals surface area contributed by atoms with Gasteiger partial charge >= 0.3 is 0 Å². The third-order valence-corrected chi connectivity index (χ3v) is 10.5. The van der Waals surface area contributed by atoms with E-state index in [-0.39, 0.29) is 0 Å². The number of quaternary nitrogens is 2. The van der Waals surface area contributed by atoms with E-state index in [0.29, 0.717) is 0 Å². The van der Waals surface area contributed by atoms with Gasteiger partial charge in [-0.1, -0.05) is 142 Å². The zero-order chi connectivity index (χ0) is 35.5. The Morgan fingerprint density at radius 3 is 0.857 bits per heavy atom. The van der Waals surface area contributed by atoms with Crippen molar-refractivity contribution in [2.75, 3.05) is 41.3 Å². The predicted molar refractivity (Wildman–Crippen MR) is 216 cm³/mol. The molecule has 0 heterocycles. The molecule has 280 valence electrons. The number of rotatable bonds is 32. The minimum Gasteiger partial charge on any atom is -0.457 e. The zero-order valence-corrected chi connectivity index (χ0v) is 33.7. The lowest BCUT2D eigenvalue weighted by Crippen LogP contribution is -2.39. The number of hydrogen-bond donors (Lipinski definition) is 0. The lowest BCUT2D eigenvalue weighted by atomic mass is 10.1. The maximum Gasteiger partial charge on any atom is 0.127 e. The molecule has 0 bridgehead atoms. The Balaban J connectivity index is 1.57. The van der Waals surface area contributed by atoms with Gasteiger partial charge in [0.1, 0.15) is 24.6 Å². The van der Waals surface area contributed by atoms with Crippen molar-refractivity contribution in [1.82, 2.24) is 0 Å². The largest absolute Gasteiger partial charge is 0.457 e. The Bertz CT molecular complexity index is 943. The average Bonchev–Trinajstić information content (AvgIpc) is 3.07. The molecule has 0 aliphatic heterocycles. The summed E-state index contributed by atoms with van der Waals surface area (Å²) in [7, 11) is 9.51. The highest BCUT2D eigenvalue weighted by atomic mass is 16.5. The molecule has 0 aromatic heterocycles. The molecule has 3 nitrogen and oxygen atoms in total. The van der Waals surface area contributed by atoms with Crippen molar-refractivity contribution in [1.29, 1.82) is 0 Å². The van der Waals surface area contributed by atoms with Gasteiger partial charge in [0.05, 0.1) is 41.3 Å². The zero-order valence-electron chi connectivity index (χ0n) is 33.7. The van der Waals surface area contributed by atoms with E-state index in [9.17, 15) is 0 Å². The van der Waals surface area contributed by atoms with Crippen molar-refractivity contribution in [3.05, 3.63) is 59.7 Å². The molecule has 0 N–H and O–H groups in total. The van der Waals surface area contributed by atoms with Crippen LogP contribution in [-0.2, 0) is 13.1 Å². The first-order valence-corrected chi connectivity index (χ1v) is 21.2. The predicted octanol–water partition coefficient (Wildman–Crippen LogP) is 14.0. The summed E-state index contributed by atoms with van der Waals surface area (Å²) in [6.45, 7) is 9.23. The van der Waals surface area contributed by atoms with E-state index in [0.717, 1.165) is 33.6 Å². The quantitative estimate of drug-likeness (QED) is 0.0553. The molecule has 0 aliphatic rings. The lowest BCUT2D eigenvalue weighted by Gasteiger charge is -2.30. The van der Waals surface area contributed by atoms with Crippen LogP contribution in [0.4, 0.5) is 0 Å². The summed E-state index contributed by atoms with van der Waals surface area (Å²) in [5.74, 6) is 1.84. The number of unbranched alkanes of at least 4 members (excludes halogenated alkanes) is 22. The normalized spacial score (nSPS) is 12.1. The Kier molecular flexibility index (Phi) is 23.8. The summed E-state index contributed by atoms with van der Waals surface area (Å²) in [6, 6.07) is 17.6. The third kappa shape index (κ3) is 23.3. The van der Waals surface area contributed by atoms with Gasteiger partial charge in [-0.25, -0.2) is 0 Å². The molecule has 0 radical (unpaired) electrons. The fourth-order valence-corrected chi connectivity index (χ4v) is 7.37. The minimum absolute atomic E-state index is 0.922. The maximum atomic E-state index is 6.24. The summed E-state index contributed by atoms with van der Waals surface area (Å²) in [5.41, 5.74) is 2.78. The van der Waals surface area contributed by atoms with Crippen LogP contribution in [0.3, 0.4) is 0 Å². The molecule has 49 heavy (non-hydrogen) atoms. The van der Waals surface area contributed by atoms with Crippen molar-refractivity contribution in [2.45, 2.75) is 181 Å². The van der Waals surface area contributed by atoms with E-state index in [1.807, 2.05) is 0 Å². The summed E-state index contributed by atoms with van der Waals surface area (Å²) in [5, 5.41) is 0. The van der Waals surface area contributed by atoms with E-state index < -0.39 is 0 Å². The van der Waals surface area contributed by atoms with Gasteiger partial charge in [-0.3, -0.25) is 0 Å². The molecule has 0 amide bonds. The van der Waals surface area contributed by atoms with Gasteiger partial charge < -0.3 is 13.7 Å². The van der Waals surface area contributed by atoms with Gasteiger partial charge in [-0.05, 0) is 74.2 Å². The monoisotopic (exact) mass is 679 g/mol. The van der Waals surface area contributed by atoms with Crippen LogP contribution in [0.25, 0.3) is 0 Å². The third-order valence-electron chi connectivity index (χ3n) is 10.5. The van der Waals surface area contributed by atoms with Gasteiger partial charge in [0, 0.05) is 11.1 Å². The topological polar surface area (TPSA) is 9.23 Å². The molecule has 0 spiro atoms. The van der Waals surface area contributed by atoms with Crippen molar-refractivity contribution < 1.29 is 13.7 Å². The first kappa shape index (κ1) is 43.3. The minimum atomic E-state index is 0.922. The smallest absolute Gasteiger partial charge is 0.127 e. The van der Waals surface area contributed by atoms with Crippen LogP contribution >= 0.6 is 0 Å². The van der Waals surface area contributed by atoms with E-state index in [4.69, 9.17) is 4.74 Å². The van der Waals surface area contributed by atoms with Crippen LogP contribution in [0.5, 0.6) is 11.5 Å². The van der Waals surface area contributed by atoms with Gasteiger partial charge in [0.15, 0.2) is 0 Å². The average molecular weight is 679 g/mol. The second-order valence-electron chi connectivity index (χ2n) is 16.8. The molecule has 0 atom stereocenters. The Hall–Kier alpha value is -1.84. The van der Waals surface area contributed by atoms with Crippen LogP contribution in [-0.4, -0.2) is 50.2 Å². The Morgan fingerprint density at radius 1 is 0.347 bits per heavy atom. The molecule has 2 aromatic rings. The van der Waals surface area contributed by atoms with E-state index in [2.05, 4.69) is 90.6 Å². The summed E-state index contributed by atoms with van der Waals surface area (Å²) in [4.78, 5) is 0. The van der Waals surface area contributed by atoms with Crippen molar-refractivity contribution in [2.24, 2.45) is 0 Å². The van der Waals surface area contributed by atoms with Crippen LogP contribution in [0.1, 0.15) is 179 Å². The number of ether oxygens (including phenoxy) is 1. The molecular formula is C46H82N2O+2. The highest BCUT2D eigenvalue weighted by Crippen LogP contribution is 2.24. The second kappa shape index (κ2) is 26.9. The number of benzene rings is 2. The van der Waals surface area contributed by atoms with Gasteiger partial charge in [0.25, 0.3) is 0 Å². The number of nitrogens with zero attached hydrogens (tertiary/aromatic N) is 2. The van der Waals surface area contributed by atoms with Crippen molar-refractivity contribution in [3.63, 3.8) is 0 Å². The SMILES string of the molecule is CCCCCCCCCCCCCC[N+](C)(C)Cc1ccc(Oc2ccc(C[N+](C)(C)CCCCCCCCCCCCCC)cc2)cc1. The maximum absolute atomic E-state index is 6.24. The fourth-order valence-electron chi connectivity index (χ4n) is 7.37. The lowest BCUT2D eigenvalue weighted by molar-refractivity contribution is -0.903. The van der Waals surface area contributed by atoms with Crippen LogP contribution < -0.4 is 4.74 Å². The van der Waals surface area contributed by atoms with Crippen molar-refractivity contribution >= 4 is 0 Å². The fraction of sp³-hybridized carbons (Fsp3) is 0.739. The molecule has 2 aromatic carbocycles. The molecule has 0 unspecified atom stereocenters. The molecule has 3 heteroatoms. The second-order valence-corrected chi connectivity index (χ2v) is 16.8. The molecule has 0 fully saturated rings. The highest BCUT2D eigenvalue weighted by Gasteiger charge is 2.17. The van der Waals surface area contributed by atoms with Crippen molar-refractivity contribution in [3.8, 4) is 11.5 Å². The van der Waals surface area contributed by atoms with Crippen LogP contribution in [0, 0.1) is 0 Å². The molecular weight excluding hydrogens is 597 g/mol. The van der Waals surface area contributed by atoms with Gasteiger partial charge in [0.2, 0.25) is 0 Å². The standard InChI is InChI=1S/C46H82N2O/c1-7-9-11-13-15-17-19-21-23-25-27-29-39-47(3,4)41-43-31-35-45(36-32-43)49-46-37-33-44(34-38-46)42-48(5,6)40-30-28-26-24-22-20-18-16-14-12-10-8-2/h31-38H,7-30,39-42H2,1-6H3/q+2. The summed E-state index contributed by atoms with van der Waals surface area (Å²) >= 11 is 0. The van der Waals surface area contributed by atoms with Gasteiger partial charge in [-0.2, -0.15) is 0 Å².